The number of aryl methyl sites for hydroxylation is 1. The lowest BCUT2D eigenvalue weighted by molar-refractivity contribution is 0.0909. The third-order valence-corrected chi connectivity index (χ3v) is 8.04. The van der Waals surface area contributed by atoms with Gasteiger partial charge in [0.25, 0.3) is 0 Å². The lowest BCUT2D eigenvalue weighted by Gasteiger charge is -2.17. The summed E-state index contributed by atoms with van der Waals surface area (Å²) in [5.41, 5.74) is 6.64. The highest BCUT2D eigenvalue weighted by Crippen LogP contribution is 2.31. The lowest BCUT2D eigenvalue weighted by Crippen LogP contribution is -2.22. The van der Waals surface area contributed by atoms with E-state index in [0.717, 1.165) is 54.1 Å². The van der Waals surface area contributed by atoms with Gasteiger partial charge in [-0.1, -0.05) is 49.5 Å². The second-order valence-electron chi connectivity index (χ2n) is 10.2. The molecule has 6 nitrogen and oxygen atoms in total. The van der Waals surface area contributed by atoms with Crippen molar-refractivity contribution in [3.63, 3.8) is 0 Å². The highest BCUT2D eigenvalue weighted by atomic mass is 28.3. The van der Waals surface area contributed by atoms with Crippen molar-refractivity contribution in [3.8, 4) is 11.3 Å². The highest BCUT2D eigenvalue weighted by Gasteiger charge is 2.21. The molecule has 5 rings (SSSR count). The molecule has 1 aliphatic rings. The van der Waals surface area contributed by atoms with Crippen LogP contribution in [0, 0.1) is 6.92 Å². The number of fused-ring (bicyclic) bond motifs is 3. The van der Waals surface area contributed by atoms with E-state index in [0.29, 0.717) is 6.73 Å². The SMILES string of the molecule is Cc1ccc(-c2cc3c(ncc4cnc(N5CCCC5)n43)n2COCC[Si](C)(C)C)cc1. The third-order valence-electron chi connectivity index (χ3n) is 6.33. The van der Waals surface area contributed by atoms with E-state index in [1.165, 1.54) is 24.0 Å². The van der Waals surface area contributed by atoms with E-state index in [2.05, 4.69) is 70.8 Å². The molecule has 0 atom stereocenters. The van der Waals surface area contributed by atoms with Crippen LogP contribution in [0.25, 0.3) is 27.9 Å². The minimum absolute atomic E-state index is 0.503. The minimum Gasteiger partial charge on any atom is -0.361 e. The lowest BCUT2D eigenvalue weighted by atomic mass is 10.1. The van der Waals surface area contributed by atoms with Gasteiger partial charge >= 0.3 is 0 Å². The number of nitrogens with zero attached hydrogens (tertiary/aromatic N) is 5. The van der Waals surface area contributed by atoms with Crippen LogP contribution in [0.4, 0.5) is 5.95 Å². The summed E-state index contributed by atoms with van der Waals surface area (Å²) < 4.78 is 10.7. The van der Waals surface area contributed by atoms with Gasteiger partial charge in [-0.05, 0) is 37.4 Å². The van der Waals surface area contributed by atoms with Crippen LogP contribution in [-0.2, 0) is 11.5 Å². The van der Waals surface area contributed by atoms with Crippen LogP contribution in [0.1, 0.15) is 18.4 Å². The van der Waals surface area contributed by atoms with Gasteiger partial charge in [0.15, 0.2) is 5.65 Å². The van der Waals surface area contributed by atoms with Crippen LogP contribution < -0.4 is 4.90 Å². The van der Waals surface area contributed by atoms with E-state index in [1.807, 2.05) is 12.4 Å². The van der Waals surface area contributed by atoms with Crippen LogP contribution in [0.15, 0.2) is 42.7 Å². The Morgan fingerprint density at radius 2 is 1.72 bits per heavy atom. The van der Waals surface area contributed by atoms with Crippen molar-refractivity contribution in [2.24, 2.45) is 0 Å². The number of aromatic nitrogens is 4. The Labute approximate surface area is 190 Å². The average molecular weight is 448 g/mol. The Hall–Kier alpha value is -2.64. The Kier molecular flexibility index (Phi) is 5.55. The molecule has 168 valence electrons. The summed E-state index contributed by atoms with van der Waals surface area (Å²) in [5, 5.41) is 0. The average Bonchev–Trinajstić information content (AvgIpc) is 3.48. The van der Waals surface area contributed by atoms with Gasteiger partial charge in [0.2, 0.25) is 5.95 Å². The summed E-state index contributed by atoms with van der Waals surface area (Å²) in [6.07, 6.45) is 6.33. The van der Waals surface area contributed by atoms with Gasteiger partial charge in [0.1, 0.15) is 6.73 Å². The molecule has 0 unspecified atom stereocenters. The number of anilines is 1. The van der Waals surface area contributed by atoms with Gasteiger partial charge in [0, 0.05) is 27.8 Å². The van der Waals surface area contributed by atoms with Crippen molar-refractivity contribution in [1.82, 2.24) is 18.9 Å². The fraction of sp³-hybridized carbons (Fsp3) is 0.440. The van der Waals surface area contributed by atoms with E-state index < -0.39 is 8.07 Å². The fourth-order valence-corrected chi connectivity index (χ4v) is 5.17. The molecular formula is C25H33N5OSi. The van der Waals surface area contributed by atoms with Crippen LogP contribution in [0.3, 0.4) is 0 Å². The first-order chi connectivity index (χ1) is 15.4. The Morgan fingerprint density at radius 3 is 2.44 bits per heavy atom. The van der Waals surface area contributed by atoms with Gasteiger partial charge in [0.05, 0.1) is 29.1 Å². The Morgan fingerprint density at radius 1 is 1.00 bits per heavy atom. The van der Waals surface area contributed by atoms with E-state index in [4.69, 9.17) is 14.7 Å². The first kappa shape index (κ1) is 21.2. The molecule has 0 amide bonds. The molecule has 0 radical (unpaired) electrons. The molecule has 1 fully saturated rings. The molecule has 0 bridgehead atoms. The highest BCUT2D eigenvalue weighted by molar-refractivity contribution is 6.76. The maximum atomic E-state index is 6.19. The van der Waals surface area contributed by atoms with Gasteiger partial charge < -0.3 is 14.2 Å². The molecule has 1 saturated heterocycles. The number of benzene rings is 1. The summed E-state index contributed by atoms with van der Waals surface area (Å²) >= 11 is 0. The van der Waals surface area contributed by atoms with Gasteiger partial charge in [-0.15, -0.1) is 0 Å². The summed E-state index contributed by atoms with van der Waals surface area (Å²) in [7, 11) is -1.13. The standard InChI is InChI=1S/C25H33N5OSi/c1-19-7-9-20(10-8-19)22-15-23-24(29(22)18-31-13-14-32(2,3)4)26-16-21-17-27-25(30(21)23)28-11-5-6-12-28/h7-10,15-17H,5-6,11-14,18H2,1-4H3. The Balaban J connectivity index is 1.61. The molecular weight excluding hydrogens is 414 g/mol. The molecule has 0 saturated carbocycles. The fourth-order valence-electron chi connectivity index (χ4n) is 4.41. The summed E-state index contributed by atoms with van der Waals surface area (Å²) in [4.78, 5) is 12.0. The van der Waals surface area contributed by atoms with E-state index in [1.54, 1.807) is 0 Å². The first-order valence-corrected chi connectivity index (χ1v) is 15.4. The van der Waals surface area contributed by atoms with Gasteiger partial charge in [-0.3, -0.25) is 4.40 Å². The topological polar surface area (TPSA) is 47.6 Å². The number of hydrogen-bond acceptors (Lipinski definition) is 4. The molecule has 0 aliphatic carbocycles. The zero-order valence-electron chi connectivity index (χ0n) is 19.6. The largest absolute Gasteiger partial charge is 0.361 e. The molecule has 0 N–H and O–H groups in total. The molecule has 32 heavy (non-hydrogen) atoms. The second kappa shape index (κ2) is 8.37. The van der Waals surface area contributed by atoms with Crippen molar-refractivity contribution in [2.75, 3.05) is 24.6 Å². The van der Waals surface area contributed by atoms with Crippen molar-refractivity contribution in [2.45, 2.75) is 52.2 Å². The monoisotopic (exact) mass is 447 g/mol. The van der Waals surface area contributed by atoms with Crippen LogP contribution >= 0.6 is 0 Å². The zero-order chi connectivity index (χ0) is 22.3. The predicted octanol–water partition coefficient (Wildman–Crippen LogP) is 5.57. The molecule has 4 heterocycles. The minimum atomic E-state index is -1.13. The zero-order valence-corrected chi connectivity index (χ0v) is 20.6. The molecule has 3 aromatic heterocycles. The van der Waals surface area contributed by atoms with E-state index in [9.17, 15) is 0 Å². The molecule has 7 heteroatoms. The van der Waals surface area contributed by atoms with E-state index in [-0.39, 0.29) is 0 Å². The van der Waals surface area contributed by atoms with E-state index >= 15 is 0 Å². The molecule has 0 spiro atoms. The van der Waals surface area contributed by atoms with Gasteiger partial charge in [-0.2, -0.15) is 0 Å². The molecule has 4 aromatic rings. The number of rotatable bonds is 7. The first-order valence-electron chi connectivity index (χ1n) is 11.7. The van der Waals surface area contributed by atoms with Crippen molar-refractivity contribution < 1.29 is 4.74 Å². The maximum Gasteiger partial charge on any atom is 0.210 e. The summed E-state index contributed by atoms with van der Waals surface area (Å²) in [5.74, 6) is 1.03. The third kappa shape index (κ3) is 4.07. The second-order valence-corrected chi connectivity index (χ2v) is 15.8. The van der Waals surface area contributed by atoms with Crippen LogP contribution in [0.5, 0.6) is 0 Å². The maximum absolute atomic E-state index is 6.19. The number of imidazole rings is 1. The Bertz CT molecular complexity index is 1230. The van der Waals surface area contributed by atoms with Gasteiger partial charge in [-0.25, -0.2) is 9.97 Å². The molecule has 1 aliphatic heterocycles. The number of hydrogen-bond donors (Lipinski definition) is 0. The quantitative estimate of drug-likeness (QED) is 0.274. The summed E-state index contributed by atoms with van der Waals surface area (Å²) in [6.45, 7) is 12.7. The normalized spacial score (nSPS) is 14.8. The predicted molar refractivity (Wildman–Crippen MR) is 134 cm³/mol. The van der Waals surface area contributed by atoms with Crippen molar-refractivity contribution >= 4 is 30.7 Å². The van der Waals surface area contributed by atoms with Crippen molar-refractivity contribution in [3.05, 3.63) is 48.3 Å². The molecule has 1 aromatic carbocycles. The van der Waals surface area contributed by atoms with Crippen LogP contribution in [-0.4, -0.2) is 46.7 Å². The van der Waals surface area contributed by atoms with Crippen LogP contribution in [0.2, 0.25) is 25.7 Å². The summed E-state index contributed by atoms with van der Waals surface area (Å²) in [6, 6.07) is 12.1. The number of ether oxygens (including phenoxy) is 1. The smallest absolute Gasteiger partial charge is 0.210 e. The van der Waals surface area contributed by atoms with Crippen molar-refractivity contribution in [1.29, 1.82) is 0 Å².